The maximum absolute atomic E-state index is 7.40. The van der Waals surface area contributed by atoms with Crippen LogP contribution in [-0.2, 0) is 25.7 Å². The molecule has 14 aromatic carbocycles. The van der Waals surface area contributed by atoms with Crippen LogP contribution in [0.1, 0.15) is 126 Å². The monoisotopic (exact) mass is 1890 g/mol. The van der Waals surface area contributed by atoms with Crippen LogP contribution in [0.3, 0.4) is 0 Å². The third-order valence-electron chi connectivity index (χ3n) is 26.2. The van der Waals surface area contributed by atoms with Gasteiger partial charge in [0, 0.05) is 65.3 Å². The van der Waals surface area contributed by atoms with Crippen LogP contribution in [0, 0.1) is 96.9 Å². The van der Waals surface area contributed by atoms with Gasteiger partial charge in [0.05, 0.1) is 39.6 Å². The predicted molar refractivity (Wildman–Crippen MR) is 542 cm³/mol. The molecule has 0 N–H and O–H groups in total. The molecule has 0 unspecified atom stereocenters. The lowest BCUT2D eigenvalue weighted by molar-refractivity contribution is 0.173. The van der Waals surface area contributed by atoms with Gasteiger partial charge in [-0.25, -0.2) is 0 Å². The molecule has 0 saturated carbocycles. The first-order valence-electron chi connectivity index (χ1n) is 45.8. The van der Waals surface area contributed by atoms with Crippen molar-refractivity contribution in [1.82, 2.24) is 0 Å². The zero-order valence-corrected chi connectivity index (χ0v) is 82.9. The Morgan fingerprint density at radius 3 is 0.779 bits per heavy atom. The fourth-order valence-electron chi connectivity index (χ4n) is 20.1. The van der Waals surface area contributed by atoms with E-state index in [9.17, 15) is 0 Å². The second kappa shape index (κ2) is 36.2. The van der Waals surface area contributed by atoms with E-state index in [1.54, 1.807) is 28.4 Å². The van der Waals surface area contributed by atoms with E-state index in [0.29, 0.717) is 102 Å². The van der Waals surface area contributed by atoms with Gasteiger partial charge < -0.3 is 89.6 Å². The summed E-state index contributed by atoms with van der Waals surface area (Å²) < 4.78 is 134. The maximum atomic E-state index is 7.40. The minimum atomic E-state index is -2.35. The average molecular weight is 1890 g/mol. The van der Waals surface area contributed by atoms with Gasteiger partial charge in [0.2, 0.25) is 13.6 Å². The van der Waals surface area contributed by atoms with Crippen LogP contribution in [0.4, 0.5) is 0 Å². The van der Waals surface area contributed by atoms with Gasteiger partial charge in [-0.05, 0) is 344 Å². The minimum Gasteiger partial charge on any atom is -0.497 e. The van der Waals surface area contributed by atoms with Crippen molar-refractivity contribution >= 4 is 121 Å². The minimum absolute atomic E-state index is 0.0866. The van der Waals surface area contributed by atoms with Crippen molar-refractivity contribution in [2.24, 2.45) is 0 Å². The number of benzene rings is 14. The van der Waals surface area contributed by atoms with Crippen molar-refractivity contribution in [2.75, 3.05) is 42.0 Å². The molecule has 0 saturated heterocycles. The van der Waals surface area contributed by atoms with Gasteiger partial charge in [-0.2, -0.15) is 0 Å². The summed E-state index contributed by atoms with van der Waals surface area (Å²) in [4.78, 5) is 0. The van der Waals surface area contributed by atoms with E-state index in [2.05, 4.69) is 130 Å². The molecule has 20 nitrogen and oxygen atoms in total. The van der Waals surface area contributed by atoms with E-state index < -0.39 is 33.0 Å². The van der Waals surface area contributed by atoms with E-state index >= 15 is 0 Å². The second-order valence-electron chi connectivity index (χ2n) is 36.0. The Kier molecular flexibility index (Phi) is 23.6. The molecule has 0 bridgehead atoms. The van der Waals surface area contributed by atoms with Crippen LogP contribution in [0.25, 0.3) is 132 Å². The Labute approximate surface area is 791 Å². The Hall–Kier alpha value is -13.7. The molecule has 24 heteroatoms. The van der Waals surface area contributed by atoms with E-state index in [0.717, 1.165) is 206 Å². The number of hydrogen-bond donors (Lipinski definition) is 0. The number of rotatable bonds is 16. The largest absolute Gasteiger partial charge is 0.497 e. The Morgan fingerprint density at radius 1 is 0.243 bits per heavy atom. The molecule has 0 spiro atoms. The lowest BCUT2D eigenvalue weighted by Gasteiger charge is -2.29. The average Bonchev–Trinajstić information content (AvgIpc) is 1.47. The number of ether oxygens (including phenoxy) is 8. The summed E-state index contributed by atoms with van der Waals surface area (Å²) in [6, 6.07) is 61.1. The number of hydrogen-bond acceptors (Lipinski definition) is 20. The van der Waals surface area contributed by atoms with Crippen molar-refractivity contribution in [3.8, 4) is 114 Å². The van der Waals surface area contributed by atoms with E-state index in [-0.39, 0.29) is 13.6 Å². The van der Waals surface area contributed by atoms with Crippen molar-refractivity contribution in [1.29, 1.82) is 0 Å². The van der Waals surface area contributed by atoms with Gasteiger partial charge in [0.15, 0.2) is 34.5 Å². The third-order valence-corrected chi connectivity index (χ3v) is 30.2. The topological polar surface area (TPSA) is 216 Å². The molecule has 2 aliphatic heterocycles. The van der Waals surface area contributed by atoms with Crippen molar-refractivity contribution in [3.63, 3.8) is 0 Å². The van der Waals surface area contributed by atoms with Crippen molar-refractivity contribution in [2.45, 2.75) is 148 Å². The second-order valence-corrected chi connectivity index (χ2v) is 40.0. The Balaban J connectivity index is 0.000000165. The molecule has 6 heterocycles. The molecule has 0 radical (unpaired) electrons. The zero-order valence-electron chi connectivity index (χ0n) is 79.3. The fraction of sp³-hybridized carbons (Fsp3) is 0.250. The van der Waals surface area contributed by atoms with E-state index in [4.69, 9.17) is 89.6 Å². The smallest absolute Gasteiger partial charge is 0.453 e. The molecule has 136 heavy (non-hydrogen) atoms. The SMILES string of the molecule is COc1cc(C)c2op(Oc3c(-c4ccccc4)cc4c(c3-c3c5c(cc(-c6ccccc6)c3Op3oc6c(C)cc(OC)cc6c6cc(OC)cc(C)c6o3)OCO5)OCO4)oc3c(C)cc(OC)cc3c2c1.Cc1cc(C)c2op(Oc3c(C)cc4c(c3-c3c5c(cc(C)c3Op3oc6c(C)cc(C)cc6c6cc(C)cc(C)c6o3)CCCC5)CCCC4)oc3c(C)cc(C)cc3c2c1. The van der Waals surface area contributed by atoms with Crippen molar-refractivity contribution < 1.29 is 89.6 Å². The molecule has 4 aromatic heterocycles. The lowest BCUT2D eigenvalue weighted by atomic mass is 9.78. The number of fused-ring (bicyclic) bond motifs is 16. The molecule has 4 aliphatic rings. The molecule has 22 rings (SSSR count). The lowest BCUT2D eigenvalue weighted by Crippen LogP contribution is -2.11. The van der Waals surface area contributed by atoms with Gasteiger partial charge in [-0.3, -0.25) is 0 Å². The van der Waals surface area contributed by atoms with Gasteiger partial charge in [0.1, 0.15) is 79.2 Å². The first-order chi connectivity index (χ1) is 65.9. The van der Waals surface area contributed by atoms with Gasteiger partial charge in [-0.1, -0.05) is 97.1 Å². The molecule has 692 valence electrons. The number of aryl methyl sites for hydroxylation is 16. The van der Waals surface area contributed by atoms with Crippen molar-refractivity contribution in [3.05, 3.63) is 282 Å². The summed E-state index contributed by atoms with van der Waals surface area (Å²) in [6.45, 7) is 29.0. The molecule has 0 atom stereocenters. The maximum Gasteiger partial charge on any atom is 0.453 e. The van der Waals surface area contributed by atoms with Gasteiger partial charge >= 0.3 is 33.0 Å². The quantitative estimate of drug-likeness (QED) is 0.0878. The highest BCUT2D eigenvalue weighted by Gasteiger charge is 2.39. The summed E-state index contributed by atoms with van der Waals surface area (Å²) in [5.74, 6) is 6.44. The molecule has 0 fully saturated rings. The first kappa shape index (κ1) is 88.8. The highest BCUT2D eigenvalue weighted by molar-refractivity contribution is 7.33. The predicted octanol–water partition coefficient (Wildman–Crippen LogP) is 33.4. The molecule has 2 aliphatic carbocycles. The zero-order chi connectivity index (χ0) is 93.9. The van der Waals surface area contributed by atoms with Crippen LogP contribution < -0.4 is 56.0 Å². The first-order valence-corrected chi connectivity index (χ1v) is 50.2. The van der Waals surface area contributed by atoms with Crippen LogP contribution in [0.5, 0.6) is 69.0 Å². The normalized spacial score (nSPS) is 13.0. The molecular weight excluding hydrogens is 1790 g/mol. The Bertz CT molecular complexity index is 7410. The van der Waals surface area contributed by atoms with Crippen LogP contribution >= 0.6 is 33.0 Å². The van der Waals surface area contributed by atoms with E-state index in [1.807, 2.05) is 149 Å². The van der Waals surface area contributed by atoms with Crippen LogP contribution in [0.15, 0.2) is 216 Å². The molecular formula is C112H104O20P4. The molecule has 18 aromatic rings. The summed E-state index contributed by atoms with van der Waals surface area (Å²) in [5, 5.41) is 7.11. The highest BCUT2D eigenvalue weighted by Crippen LogP contribution is 2.64. The summed E-state index contributed by atoms with van der Waals surface area (Å²) in [6.07, 6.45) is 8.49. The summed E-state index contributed by atoms with van der Waals surface area (Å²) >= 11 is 0. The summed E-state index contributed by atoms with van der Waals surface area (Å²) in [7, 11) is -2.04. The van der Waals surface area contributed by atoms with Gasteiger partial charge in [-0.15, -0.1) is 0 Å². The van der Waals surface area contributed by atoms with E-state index in [1.165, 1.54) is 44.5 Å². The highest BCUT2D eigenvalue weighted by atomic mass is 31.1. The van der Waals surface area contributed by atoms with Crippen LogP contribution in [-0.4, -0.2) is 42.0 Å². The standard InChI is InChI=1S/C58H48O14P2.C54H56O6P2/c1-31-19-37(59-5)23-43-44-24-38(60-6)20-32(2)52(44)68-73(67-51(31)43)71-55-41(35-15-11-9-12-16-35)27-47-57(65-29-63-47)49(55)50-56(42(36-17-13-10-14-18-36)28-48-58(50)66-30-64-48)72-74-69-53-33(3)21-39(61-7)25-45(53)46-26-40(62-8)22-34(4)54(46)70-74;1-29-19-33(5)49-43(23-29)44-24-30(2)20-34(6)50(44)56-61(55-49)59-53-37(9)27-39-15-11-13-17-41(39)47(53)48-42-18-14-12-16-40(42)28-38(10)54(48)60-62-57-51-35(7)21-31(3)25-45(51)46-26-32(4)22-36(8)52(46)58-62/h9-28H,29-30H2,1-8H3;19-28H,11-18H2,1-10H3. The van der Waals surface area contributed by atoms with Gasteiger partial charge in [0.25, 0.3) is 0 Å². The number of methoxy groups -OCH3 is 4. The molecule has 0 amide bonds. The Morgan fingerprint density at radius 2 is 0.500 bits per heavy atom. The fourth-order valence-corrected chi connectivity index (χ4v) is 25.2. The summed E-state index contributed by atoms with van der Waals surface area (Å²) in [5.41, 5.74) is 31.0. The van der Waals surface area contributed by atoms with Crippen LogP contribution in [0.2, 0.25) is 0 Å². The third kappa shape index (κ3) is 16.3.